The Labute approximate surface area is 105 Å². The van der Waals surface area contributed by atoms with Crippen LogP contribution in [-0.4, -0.2) is 32.1 Å². The van der Waals surface area contributed by atoms with Crippen molar-refractivity contribution in [3.05, 3.63) is 24.5 Å². The van der Waals surface area contributed by atoms with E-state index in [2.05, 4.69) is 27.2 Å². The first-order valence-electron chi connectivity index (χ1n) is 6.08. The van der Waals surface area contributed by atoms with Crippen LogP contribution in [0.4, 0.5) is 5.82 Å². The van der Waals surface area contributed by atoms with E-state index < -0.39 is 0 Å². The minimum absolute atomic E-state index is 0.742. The van der Waals surface area contributed by atoms with E-state index in [-0.39, 0.29) is 0 Å². The summed E-state index contributed by atoms with van der Waals surface area (Å²) in [4.78, 5) is 4.50. The van der Waals surface area contributed by atoms with Crippen LogP contribution in [0, 0.1) is 0 Å². The molecular weight excluding hydrogens is 232 g/mol. The van der Waals surface area contributed by atoms with Gasteiger partial charge >= 0.3 is 0 Å². The summed E-state index contributed by atoms with van der Waals surface area (Å²) >= 11 is 2.08. The van der Waals surface area contributed by atoms with Gasteiger partial charge in [0.05, 0.1) is 6.20 Å². The maximum absolute atomic E-state index is 4.50. The molecule has 0 saturated carbocycles. The van der Waals surface area contributed by atoms with Gasteiger partial charge in [-0.15, -0.1) is 0 Å². The lowest BCUT2D eigenvalue weighted by molar-refractivity contribution is 0.677. The Hall–Kier alpha value is -1.23. The Balaban J connectivity index is 1.63. The Kier molecular flexibility index (Phi) is 3.18. The van der Waals surface area contributed by atoms with Crippen molar-refractivity contribution < 1.29 is 0 Å². The molecule has 2 aromatic heterocycles. The zero-order chi connectivity index (χ0) is 11.5. The molecule has 1 saturated heterocycles. The summed E-state index contributed by atoms with van der Waals surface area (Å²) in [7, 11) is 0. The summed E-state index contributed by atoms with van der Waals surface area (Å²) in [5, 5.41) is 8.30. The number of nitrogens with one attached hydrogen (secondary N) is 1. The average molecular weight is 248 g/mol. The second-order valence-corrected chi connectivity index (χ2v) is 5.72. The first kappa shape index (κ1) is 10.9. The highest BCUT2D eigenvalue weighted by Gasteiger charge is 2.13. The maximum Gasteiger partial charge on any atom is 0.157 e. The summed E-state index contributed by atoms with van der Waals surface area (Å²) in [5.41, 5.74) is 0.895. The molecule has 1 aliphatic heterocycles. The van der Waals surface area contributed by atoms with Crippen molar-refractivity contribution in [1.82, 2.24) is 14.6 Å². The summed E-state index contributed by atoms with van der Waals surface area (Å²) in [6.07, 6.45) is 7.78. The van der Waals surface area contributed by atoms with Crippen LogP contribution >= 0.6 is 11.8 Å². The quantitative estimate of drug-likeness (QED) is 0.906. The number of hydrogen-bond acceptors (Lipinski definition) is 4. The highest BCUT2D eigenvalue weighted by atomic mass is 32.2. The molecule has 1 unspecified atom stereocenters. The lowest BCUT2D eigenvalue weighted by Crippen LogP contribution is -2.20. The molecule has 3 heterocycles. The van der Waals surface area contributed by atoms with E-state index >= 15 is 0 Å². The predicted molar refractivity (Wildman–Crippen MR) is 71.6 cm³/mol. The largest absolute Gasteiger partial charge is 0.369 e. The fraction of sp³-hybridized carbons (Fsp3) is 0.500. The highest BCUT2D eigenvalue weighted by molar-refractivity contribution is 7.99. The Morgan fingerprint density at radius 3 is 3.29 bits per heavy atom. The second kappa shape index (κ2) is 4.96. The molecule has 2 aromatic rings. The Morgan fingerprint density at radius 2 is 2.41 bits per heavy atom. The molecule has 0 bridgehead atoms. The van der Waals surface area contributed by atoms with Gasteiger partial charge in [-0.3, -0.25) is 0 Å². The third-order valence-corrected chi connectivity index (χ3v) is 4.44. The molecule has 1 atom stereocenters. The smallest absolute Gasteiger partial charge is 0.157 e. The minimum atomic E-state index is 0.742. The number of hydrogen-bond donors (Lipinski definition) is 1. The first-order chi connectivity index (χ1) is 8.42. The van der Waals surface area contributed by atoms with Gasteiger partial charge in [0, 0.05) is 24.1 Å². The number of nitrogens with zero attached hydrogens (tertiary/aromatic N) is 3. The van der Waals surface area contributed by atoms with Crippen molar-refractivity contribution in [1.29, 1.82) is 0 Å². The summed E-state index contributed by atoms with van der Waals surface area (Å²) in [5.74, 6) is 2.26. The highest BCUT2D eigenvalue weighted by Crippen LogP contribution is 2.25. The molecule has 0 amide bonds. The first-order valence-corrected chi connectivity index (χ1v) is 7.12. The number of aromatic nitrogens is 3. The molecule has 4 nitrogen and oxygen atoms in total. The van der Waals surface area contributed by atoms with Gasteiger partial charge in [0.15, 0.2) is 5.65 Å². The lowest BCUT2D eigenvalue weighted by Gasteiger charge is -2.21. The predicted octanol–water partition coefficient (Wildman–Crippen LogP) is 2.43. The molecule has 5 heteroatoms. The Bertz CT molecular complexity index is 490. The van der Waals surface area contributed by atoms with Gasteiger partial charge in [0.2, 0.25) is 0 Å². The molecule has 1 fully saturated rings. The van der Waals surface area contributed by atoms with Gasteiger partial charge in [-0.05, 0) is 24.7 Å². The van der Waals surface area contributed by atoms with Crippen molar-refractivity contribution in [3.8, 4) is 0 Å². The molecule has 1 N–H and O–H groups in total. The molecular formula is C12H16N4S. The average Bonchev–Trinajstić information content (AvgIpc) is 2.85. The Morgan fingerprint density at radius 1 is 1.41 bits per heavy atom. The fourth-order valence-electron chi connectivity index (χ4n) is 2.10. The van der Waals surface area contributed by atoms with Crippen LogP contribution in [0.15, 0.2) is 24.5 Å². The molecule has 90 valence electrons. The normalized spacial score (nSPS) is 20.6. The summed E-state index contributed by atoms with van der Waals surface area (Å²) in [6, 6.07) is 3.90. The van der Waals surface area contributed by atoms with Crippen molar-refractivity contribution in [2.75, 3.05) is 17.6 Å². The SMILES string of the molecule is c1cc2nc(NCC3CCCCS3)ccn2n1. The van der Waals surface area contributed by atoms with E-state index in [1.165, 1.54) is 25.0 Å². The molecule has 3 rings (SSSR count). The van der Waals surface area contributed by atoms with E-state index in [9.17, 15) is 0 Å². The van der Waals surface area contributed by atoms with Crippen molar-refractivity contribution in [2.24, 2.45) is 0 Å². The van der Waals surface area contributed by atoms with Crippen LogP contribution in [0.25, 0.3) is 5.65 Å². The van der Waals surface area contributed by atoms with Crippen LogP contribution in [0.5, 0.6) is 0 Å². The van der Waals surface area contributed by atoms with E-state index in [1.807, 2.05) is 18.3 Å². The number of rotatable bonds is 3. The molecule has 0 radical (unpaired) electrons. The van der Waals surface area contributed by atoms with Gasteiger partial charge in [-0.2, -0.15) is 16.9 Å². The van der Waals surface area contributed by atoms with Crippen LogP contribution in [0.2, 0.25) is 0 Å². The van der Waals surface area contributed by atoms with Crippen LogP contribution in [0.1, 0.15) is 19.3 Å². The third kappa shape index (κ3) is 2.54. The van der Waals surface area contributed by atoms with E-state index in [4.69, 9.17) is 0 Å². The second-order valence-electron chi connectivity index (χ2n) is 4.32. The third-order valence-electron chi connectivity index (χ3n) is 3.04. The van der Waals surface area contributed by atoms with Gasteiger partial charge < -0.3 is 5.32 Å². The molecule has 0 aromatic carbocycles. The molecule has 1 aliphatic rings. The molecule has 0 aliphatic carbocycles. The van der Waals surface area contributed by atoms with Crippen LogP contribution in [0.3, 0.4) is 0 Å². The van der Waals surface area contributed by atoms with E-state index in [0.717, 1.165) is 23.3 Å². The topological polar surface area (TPSA) is 42.2 Å². The lowest BCUT2D eigenvalue weighted by atomic mass is 10.2. The zero-order valence-corrected chi connectivity index (χ0v) is 10.5. The minimum Gasteiger partial charge on any atom is -0.369 e. The van der Waals surface area contributed by atoms with Gasteiger partial charge in [-0.25, -0.2) is 9.50 Å². The summed E-state index contributed by atoms with van der Waals surface area (Å²) in [6.45, 7) is 1.02. The van der Waals surface area contributed by atoms with Gasteiger partial charge in [0.25, 0.3) is 0 Å². The van der Waals surface area contributed by atoms with Crippen molar-refractivity contribution in [2.45, 2.75) is 24.5 Å². The van der Waals surface area contributed by atoms with Gasteiger partial charge in [0.1, 0.15) is 5.82 Å². The van der Waals surface area contributed by atoms with Crippen LogP contribution < -0.4 is 5.32 Å². The number of thioether (sulfide) groups is 1. The van der Waals surface area contributed by atoms with Gasteiger partial charge in [-0.1, -0.05) is 6.42 Å². The van der Waals surface area contributed by atoms with Crippen molar-refractivity contribution >= 4 is 23.2 Å². The molecule has 17 heavy (non-hydrogen) atoms. The maximum atomic E-state index is 4.50. The van der Waals surface area contributed by atoms with Crippen molar-refractivity contribution in [3.63, 3.8) is 0 Å². The number of anilines is 1. The van der Waals surface area contributed by atoms with Crippen LogP contribution in [-0.2, 0) is 0 Å². The summed E-state index contributed by atoms with van der Waals surface area (Å²) < 4.78 is 1.78. The molecule has 0 spiro atoms. The monoisotopic (exact) mass is 248 g/mol. The standard InChI is InChI=1S/C12H16N4S/c1-2-8-17-10(3-1)9-13-11-5-7-16-12(15-11)4-6-14-16/h4-7,10H,1-3,8-9H2,(H,13,15). The fourth-order valence-corrected chi connectivity index (χ4v) is 3.34. The van der Waals surface area contributed by atoms with E-state index in [1.54, 1.807) is 10.7 Å². The van der Waals surface area contributed by atoms with E-state index in [0.29, 0.717) is 0 Å². The number of fused-ring (bicyclic) bond motifs is 1. The zero-order valence-electron chi connectivity index (χ0n) is 9.67.